The van der Waals surface area contributed by atoms with Gasteiger partial charge in [-0.2, -0.15) is 0 Å². The summed E-state index contributed by atoms with van der Waals surface area (Å²) in [6, 6.07) is 0. The lowest BCUT2D eigenvalue weighted by atomic mass is 9.90. The molecule has 4 heteroatoms. The van der Waals surface area contributed by atoms with E-state index in [-0.39, 0.29) is 24.9 Å². The van der Waals surface area contributed by atoms with Gasteiger partial charge in [-0.1, -0.05) is 13.8 Å². The van der Waals surface area contributed by atoms with Crippen LogP contribution in [0.4, 0.5) is 0 Å². The molecule has 0 bridgehead atoms. The van der Waals surface area contributed by atoms with Gasteiger partial charge in [-0.15, -0.1) is 0 Å². The Morgan fingerprint density at radius 2 is 2.00 bits per heavy atom. The van der Waals surface area contributed by atoms with Gasteiger partial charge < -0.3 is 19.3 Å². The molecule has 4 atom stereocenters. The topological polar surface area (TPSA) is 47.9 Å². The van der Waals surface area contributed by atoms with Crippen LogP contribution in [-0.4, -0.2) is 49.8 Å². The van der Waals surface area contributed by atoms with Gasteiger partial charge in [0.2, 0.25) is 0 Å². The lowest BCUT2D eigenvalue weighted by Crippen LogP contribution is -2.33. The van der Waals surface area contributed by atoms with Gasteiger partial charge in [0.05, 0.1) is 32.5 Å². The summed E-state index contributed by atoms with van der Waals surface area (Å²) in [6.45, 7) is 6.18. The Balaban J connectivity index is 1.90. The van der Waals surface area contributed by atoms with Crippen molar-refractivity contribution in [3.63, 3.8) is 0 Å². The van der Waals surface area contributed by atoms with Crippen molar-refractivity contribution in [1.82, 2.24) is 0 Å². The summed E-state index contributed by atoms with van der Waals surface area (Å²) in [4.78, 5) is 0. The van der Waals surface area contributed by atoms with Gasteiger partial charge in [-0.05, 0) is 5.92 Å². The zero-order valence-corrected chi connectivity index (χ0v) is 9.39. The van der Waals surface area contributed by atoms with Crippen molar-refractivity contribution in [3.8, 4) is 0 Å². The van der Waals surface area contributed by atoms with Gasteiger partial charge in [-0.3, -0.25) is 0 Å². The highest BCUT2D eigenvalue weighted by molar-refractivity contribution is 4.95. The molecule has 2 heterocycles. The van der Waals surface area contributed by atoms with E-state index in [0.717, 1.165) is 6.61 Å². The fraction of sp³-hybridized carbons (Fsp3) is 1.00. The molecule has 0 aromatic rings. The first-order valence-corrected chi connectivity index (χ1v) is 5.69. The van der Waals surface area contributed by atoms with E-state index in [9.17, 15) is 0 Å². The van der Waals surface area contributed by atoms with Crippen LogP contribution in [0.1, 0.15) is 13.8 Å². The maximum absolute atomic E-state index is 8.70. The van der Waals surface area contributed by atoms with Crippen molar-refractivity contribution < 1.29 is 19.3 Å². The largest absolute Gasteiger partial charge is 0.394 e. The minimum atomic E-state index is 0.00546. The first-order chi connectivity index (χ1) is 7.24. The Hall–Kier alpha value is -0.160. The third-order valence-corrected chi connectivity index (χ3v) is 3.33. The third kappa shape index (κ3) is 2.18. The molecule has 88 valence electrons. The number of aliphatic hydroxyl groups excluding tert-OH is 1. The van der Waals surface area contributed by atoms with Gasteiger partial charge in [0.25, 0.3) is 0 Å². The van der Waals surface area contributed by atoms with Crippen molar-refractivity contribution >= 4 is 0 Å². The Labute approximate surface area is 90.5 Å². The maximum atomic E-state index is 8.70. The second-order valence-electron chi connectivity index (χ2n) is 4.64. The summed E-state index contributed by atoms with van der Waals surface area (Å²) in [5.74, 6) is 1.06. The number of hydrogen-bond acceptors (Lipinski definition) is 4. The van der Waals surface area contributed by atoms with Gasteiger partial charge in [0.15, 0.2) is 0 Å². The van der Waals surface area contributed by atoms with Crippen molar-refractivity contribution in [3.05, 3.63) is 0 Å². The molecular formula is C11H20O4. The summed E-state index contributed by atoms with van der Waals surface area (Å²) in [5.41, 5.74) is 0. The molecule has 2 rings (SSSR count). The van der Waals surface area contributed by atoms with E-state index in [2.05, 4.69) is 13.8 Å². The molecule has 0 radical (unpaired) electrons. The highest BCUT2D eigenvalue weighted by atomic mass is 16.6. The molecule has 1 unspecified atom stereocenters. The highest BCUT2D eigenvalue weighted by Crippen LogP contribution is 2.36. The molecule has 2 aliphatic rings. The van der Waals surface area contributed by atoms with Crippen LogP contribution >= 0.6 is 0 Å². The Kier molecular flexibility index (Phi) is 3.61. The van der Waals surface area contributed by atoms with E-state index in [1.54, 1.807) is 0 Å². The first kappa shape index (κ1) is 11.3. The molecule has 15 heavy (non-hydrogen) atoms. The molecule has 2 fully saturated rings. The van der Waals surface area contributed by atoms with E-state index in [1.807, 2.05) is 0 Å². The molecular weight excluding hydrogens is 196 g/mol. The fourth-order valence-electron chi connectivity index (χ4n) is 2.41. The molecule has 0 amide bonds. The van der Waals surface area contributed by atoms with E-state index in [4.69, 9.17) is 19.3 Å². The average Bonchev–Trinajstić information content (AvgIpc) is 2.74. The van der Waals surface area contributed by atoms with Crippen LogP contribution in [0.15, 0.2) is 0 Å². The summed E-state index contributed by atoms with van der Waals surface area (Å²) in [7, 11) is 0. The van der Waals surface area contributed by atoms with Gasteiger partial charge >= 0.3 is 0 Å². The van der Waals surface area contributed by atoms with Crippen LogP contribution in [0.2, 0.25) is 0 Å². The quantitative estimate of drug-likeness (QED) is 0.740. The number of ether oxygens (including phenoxy) is 3. The van der Waals surface area contributed by atoms with Crippen molar-refractivity contribution in [2.24, 2.45) is 11.8 Å². The van der Waals surface area contributed by atoms with E-state index in [1.165, 1.54) is 0 Å². The van der Waals surface area contributed by atoms with Crippen LogP contribution < -0.4 is 0 Å². The number of aliphatic hydroxyl groups is 1. The second-order valence-corrected chi connectivity index (χ2v) is 4.64. The SMILES string of the molecule is CC(C)C1CO[C@H]2[C@@H]1OC[C@H]2OCCO. The van der Waals surface area contributed by atoms with Crippen molar-refractivity contribution in [2.75, 3.05) is 26.4 Å². The molecule has 0 aromatic heterocycles. The monoisotopic (exact) mass is 216 g/mol. The number of hydrogen-bond donors (Lipinski definition) is 1. The minimum absolute atomic E-state index is 0.00546. The molecule has 0 saturated carbocycles. The third-order valence-electron chi connectivity index (χ3n) is 3.33. The summed E-state index contributed by atoms with van der Waals surface area (Å²) >= 11 is 0. The fourth-order valence-corrected chi connectivity index (χ4v) is 2.41. The van der Waals surface area contributed by atoms with Gasteiger partial charge in [0.1, 0.15) is 12.2 Å². The van der Waals surface area contributed by atoms with Gasteiger partial charge in [-0.25, -0.2) is 0 Å². The molecule has 0 aromatic carbocycles. The van der Waals surface area contributed by atoms with Crippen LogP contribution in [0.5, 0.6) is 0 Å². The van der Waals surface area contributed by atoms with E-state index >= 15 is 0 Å². The molecule has 0 spiro atoms. The van der Waals surface area contributed by atoms with Crippen molar-refractivity contribution in [1.29, 1.82) is 0 Å². The Bertz CT molecular complexity index is 207. The molecule has 0 aliphatic carbocycles. The van der Waals surface area contributed by atoms with E-state index in [0.29, 0.717) is 25.0 Å². The zero-order chi connectivity index (χ0) is 10.8. The van der Waals surface area contributed by atoms with Crippen LogP contribution in [0.25, 0.3) is 0 Å². The minimum Gasteiger partial charge on any atom is -0.394 e. The number of fused-ring (bicyclic) bond motifs is 1. The standard InChI is InChI=1S/C11H20O4/c1-7(2)8-5-14-11-9(13-4-3-12)6-15-10(8)11/h7-12H,3-6H2,1-2H3/t8?,9-,10-,11-/m1/s1. The van der Waals surface area contributed by atoms with E-state index < -0.39 is 0 Å². The molecule has 1 N–H and O–H groups in total. The lowest BCUT2D eigenvalue weighted by molar-refractivity contribution is -0.0426. The lowest BCUT2D eigenvalue weighted by Gasteiger charge is -2.19. The Morgan fingerprint density at radius 3 is 2.67 bits per heavy atom. The zero-order valence-electron chi connectivity index (χ0n) is 9.39. The van der Waals surface area contributed by atoms with Gasteiger partial charge in [0, 0.05) is 5.92 Å². The molecule has 2 saturated heterocycles. The maximum Gasteiger partial charge on any atom is 0.112 e. The predicted octanol–water partition coefficient (Wildman–Crippen LogP) is 0.434. The predicted molar refractivity (Wildman–Crippen MR) is 54.6 cm³/mol. The summed E-state index contributed by atoms with van der Waals surface area (Å²) in [6.07, 6.45) is 0.267. The van der Waals surface area contributed by atoms with Crippen LogP contribution in [-0.2, 0) is 14.2 Å². The normalized spacial score (nSPS) is 40.0. The highest BCUT2D eigenvalue weighted by Gasteiger charge is 2.48. The summed E-state index contributed by atoms with van der Waals surface area (Å²) < 4.78 is 17.0. The van der Waals surface area contributed by atoms with Crippen LogP contribution in [0.3, 0.4) is 0 Å². The second kappa shape index (κ2) is 4.78. The van der Waals surface area contributed by atoms with Crippen molar-refractivity contribution in [2.45, 2.75) is 32.2 Å². The Morgan fingerprint density at radius 1 is 1.27 bits per heavy atom. The smallest absolute Gasteiger partial charge is 0.112 e. The average molecular weight is 216 g/mol. The first-order valence-electron chi connectivity index (χ1n) is 5.69. The van der Waals surface area contributed by atoms with Crippen LogP contribution in [0, 0.1) is 11.8 Å². The molecule has 4 nitrogen and oxygen atoms in total. The molecule has 2 aliphatic heterocycles. The number of rotatable bonds is 4. The summed E-state index contributed by atoms with van der Waals surface area (Å²) in [5, 5.41) is 8.70.